The molecule has 0 spiro atoms. The zero-order chi connectivity index (χ0) is 13.8. The Kier molecular flexibility index (Phi) is 4.24. The predicted molar refractivity (Wildman–Crippen MR) is 82.2 cm³/mol. The Hall–Kier alpha value is -1.51. The van der Waals surface area contributed by atoms with E-state index in [4.69, 9.17) is 0 Å². The monoisotopic (exact) mass is 272 g/mol. The third-order valence-electron chi connectivity index (χ3n) is 4.64. The Morgan fingerprint density at radius 1 is 1.25 bits per heavy atom. The summed E-state index contributed by atoms with van der Waals surface area (Å²) in [6, 6.07) is 5.98. The van der Waals surface area contributed by atoms with Crippen molar-refractivity contribution in [2.45, 2.75) is 44.9 Å². The molecule has 0 radical (unpaired) electrons. The van der Waals surface area contributed by atoms with Crippen molar-refractivity contribution in [1.82, 2.24) is 5.32 Å². The zero-order valence-electron chi connectivity index (χ0n) is 12.1. The normalized spacial score (nSPS) is 18.4. The topological polar surface area (TPSA) is 41.1 Å². The quantitative estimate of drug-likeness (QED) is 0.882. The van der Waals surface area contributed by atoms with Crippen LogP contribution in [0, 0.1) is 5.92 Å². The summed E-state index contributed by atoms with van der Waals surface area (Å²) in [6.45, 7) is 1.81. The summed E-state index contributed by atoms with van der Waals surface area (Å²) < 4.78 is 0. The van der Waals surface area contributed by atoms with Crippen molar-refractivity contribution in [2.24, 2.45) is 5.92 Å². The number of rotatable bonds is 4. The zero-order valence-corrected chi connectivity index (χ0v) is 12.1. The van der Waals surface area contributed by atoms with E-state index in [-0.39, 0.29) is 5.91 Å². The molecule has 1 amide bonds. The van der Waals surface area contributed by atoms with Crippen LogP contribution in [0.5, 0.6) is 0 Å². The van der Waals surface area contributed by atoms with Gasteiger partial charge in [0.1, 0.15) is 0 Å². The fourth-order valence-corrected chi connectivity index (χ4v) is 3.41. The van der Waals surface area contributed by atoms with Gasteiger partial charge in [0.15, 0.2) is 0 Å². The highest BCUT2D eigenvalue weighted by Crippen LogP contribution is 2.26. The lowest BCUT2D eigenvalue weighted by molar-refractivity contribution is 0.0950. The van der Waals surface area contributed by atoms with Crippen LogP contribution in [0.1, 0.15) is 54.4 Å². The van der Waals surface area contributed by atoms with Crippen LogP contribution in [0.4, 0.5) is 5.69 Å². The van der Waals surface area contributed by atoms with Crippen molar-refractivity contribution >= 4 is 11.6 Å². The summed E-state index contributed by atoms with van der Waals surface area (Å²) in [7, 11) is 0. The standard InChI is InChI=1S/C17H24N2O/c20-17(19-10-8-13-4-2-1-3-5-13)15-6-7-16-14(12-15)9-11-18-16/h6-7,12-13,18H,1-5,8-11H2,(H,19,20). The number of anilines is 1. The Bertz CT molecular complexity index is 478. The number of carbonyl (C=O) groups excluding carboxylic acids is 1. The van der Waals surface area contributed by atoms with E-state index in [1.807, 2.05) is 18.2 Å². The lowest BCUT2D eigenvalue weighted by atomic mass is 9.87. The van der Waals surface area contributed by atoms with E-state index in [2.05, 4.69) is 10.6 Å². The highest BCUT2D eigenvalue weighted by atomic mass is 16.1. The molecule has 1 aromatic rings. The van der Waals surface area contributed by atoms with E-state index in [1.54, 1.807) is 0 Å². The van der Waals surface area contributed by atoms with Crippen LogP contribution in [0.25, 0.3) is 0 Å². The van der Waals surface area contributed by atoms with Crippen molar-refractivity contribution < 1.29 is 4.79 Å². The lowest BCUT2D eigenvalue weighted by Crippen LogP contribution is -2.26. The smallest absolute Gasteiger partial charge is 0.251 e. The first-order valence-electron chi connectivity index (χ1n) is 7.98. The molecule has 0 aromatic heterocycles. The molecule has 1 saturated carbocycles. The average Bonchev–Trinajstić information content (AvgIpc) is 2.95. The average molecular weight is 272 g/mol. The molecule has 0 unspecified atom stereocenters. The summed E-state index contributed by atoms with van der Waals surface area (Å²) in [4.78, 5) is 12.2. The summed E-state index contributed by atoms with van der Waals surface area (Å²) in [6.07, 6.45) is 9.00. The molecule has 3 nitrogen and oxygen atoms in total. The van der Waals surface area contributed by atoms with Crippen molar-refractivity contribution in [1.29, 1.82) is 0 Å². The summed E-state index contributed by atoms with van der Waals surface area (Å²) in [5.41, 5.74) is 3.25. The van der Waals surface area contributed by atoms with Crippen LogP contribution in [0.3, 0.4) is 0 Å². The number of nitrogens with one attached hydrogen (secondary N) is 2. The molecule has 1 aliphatic carbocycles. The fourth-order valence-electron chi connectivity index (χ4n) is 3.41. The molecule has 2 aliphatic rings. The van der Waals surface area contributed by atoms with Crippen molar-refractivity contribution in [3.8, 4) is 0 Å². The van der Waals surface area contributed by atoms with E-state index in [1.165, 1.54) is 43.4 Å². The second-order valence-corrected chi connectivity index (χ2v) is 6.10. The van der Waals surface area contributed by atoms with Gasteiger partial charge in [0.2, 0.25) is 0 Å². The van der Waals surface area contributed by atoms with Crippen LogP contribution < -0.4 is 10.6 Å². The van der Waals surface area contributed by atoms with E-state index >= 15 is 0 Å². The molecule has 1 aromatic carbocycles. The number of fused-ring (bicyclic) bond motifs is 1. The van der Waals surface area contributed by atoms with Gasteiger partial charge in [-0.1, -0.05) is 32.1 Å². The van der Waals surface area contributed by atoms with Crippen LogP contribution >= 0.6 is 0 Å². The third-order valence-corrected chi connectivity index (χ3v) is 4.64. The first-order chi connectivity index (χ1) is 9.83. The van der Waals surface area contributed by atoms with Gasteiger partial charge in [-0.3, -0.25) is 4.79 Å². The lowest BCUT2D eigenvalue weighted by Gasteiger charge is -2.21. The van der Waals surface area contributed by atoms with Crippen LogP contribution in [0.15, 0.2) is 18.2 Å². The Morgan fingerprint density at radius 2 is 2.10 bits per heavy atom. The maximum absolute atomic E-state index is 12.2. The minimum Gasteiger partial charge on any atom is -0.384 e. The van der Waals surface area contributed by atoms with Crippen molar-refractivity contribution in [2.75, 3.05) is 18.4 Å². The summed E-state index contributed by atoms with van der Waals surface area (Å²) in [5.74, 6) is 0.906. The van der Waals surface area contributed by atoms with E-state index in [0.29, 0.717) is 0 Å². The number of amides is 1. The van der Waals surface area contributed by atoms with Gasteiger partial charge in [0.05, 0.1) is 0 Å². The molecule has 0 saturated heterocycles. The molecule has 108 valence electrons. The Morgan fingerprint density at radius 3 is 2.95 bits per heavy atom. The van der Waals surface area contributed by atoms with Gasteiger partial charge < -0.3 is 10.6 Å². The molecule has 0 atom stereocenters. The number of carbonyl (C=O) groups is 1. The number of hydrogen-bond acceptors (Lipinski definition) is 2. The minimum atomic E-state index is 0.0792. The second kappa shape index (κ2) is 6.29. The molecular weight excluding hydrogens is 248 g/mol. The molecule has 0 bridgehead atoms. The second-order valence-electron chi connectivity index (χ2n) is 6.10. The first kappa shape index (κ1) is 13.5. The van der Waals surface area contributed by atoms with Gasteiger partial charge in [0.25, 0.3) is 5.91 Å². The van der Waals surface area contributed by atoms with Crippen molar-refractivity contribution in [3.05, 3.63) is 29.3 Å². The van der Waals surface area contributed by atoms with E-state index in [0.717, 1.165) is 37.4 Å². The fraction of sp³-hybridized carbons (Fsp3) is 0.588. The predicted octanol–water partition coefficient (Wildman–Crippen LogP) is 3.35. The molecule has 3 heteroatoms. The largest absolute Gasteiger partial charge is 0.384 e. The minimum absolute atomic E-state index is 0.0792. The van der Waals surface area contributed by atoms with Crippen LogP contribution in [-0.2, 0) is 6.42 Å². The van der Waals surface area contributed by atoms with Crippen molar-refractivity contribution in [3.63, 3.8) is 0 Å². The van der Waals surface area contributed by atoms with Crippen LogP contribution in [0.2, 0.25) is 0 Å². The highest BCUT2D eigenvalue weighted by Gasteiger charge is 2.15. The third kappa shape index (κ3) is 3.14. The molecule has 20 heavy (non-hydrogen) atoms. The summed E-state index contributed by atoms with van der Waals surface area (Å²) >= 11 is 0. The molecule has 1 fully saturated rings. The van der Waals surface area contributed by atoms with Gasteiger partial charge in [-0.2, -0.15) is 0 Å². The van der Waals surface area contributed by atoms with Gasteiger partial charge in [-0.15, -0.1) is 0 Å². The molecule has 3 rings (SSSR count). The Balaban J connectivity index is 1.49. The molecule has 1 aliphatic heterocycles. The first-order valence-corrected chi connectivity index (χ1v) is 7.98. The van der Waals surface area contributed by atoms with E-state index in [9.17, 15) is 4.79 Å². The number of benzene rings is 1. The highest BCUT2D eigenvalue weighted by molar-refractivity contribution is 5.95. The molecule has 2 N–H and O–H groups in total. The SMILES string of the molecule is O=C(NCCC1CCCCC1)c1ccc2c(c1)CCN2. The summed E-state index contributed by atoms with van der Waals surface area (Å²) in [5, 5.41) is 6.40. The van der Waals surface area contributed by atoms with Gasteiger partial charge in [0, 0.05) is 24.3 Å². The van der Waals surface area contributed by atoms with Gasteiger partial charge in [-0.25, -0.2) is 0 Å². The number of hydrogen-bond donors (Lipinski definition) is 2. The molecular formula is C17H24N2O. The maximum Gasteiger partial charge on any atom is 0.251 e. The maximum atomic E-state index is 12.2. The van der Waals surface area contributed by atoms with Gasteiger partial charge >= 0.3 is 0 Å². The van der Waals surface area contributed by atoms with Gasteiger partial charge in [-0.05, 0) is 42.5 Å². The van der Waals surface area contributed by atoms with E-state index < -0.39 is 0 Å². The Labute approximate surface area is 121 Å². The molecule has 1 heterocycles. The van der Waals surface area contributed by atoms with Crippen LogP contribution in [-0.4, -0.2) is 19.0 Å².